The second-order valence-corrected chi connectivity index (χ2v) is 10.7. The fourth-order valence-corrected chi connectivity index (χ4v) is 4.91. The van der Waals surface area contributed by atoms with Crippen LogP contribution in [0.5, 0.6) is 0 Å². The van der Waals surface area contributed by atoms with Crippen LogP contribution in [0.15, 0.2) is 72.0 Å². The van der Waals surface area contributed by atoms with Gasteiger partial charge >= 0.3 is 0 Å². The lowest BCUT2D eigenvalue weighted by molar-refractivity contribution is 0.0992. The first kappa shape index (κ1) is 23.7. The smallest absolute Gasteiger partial charge is 0.167 e. The number of fused-ring (bicyclic) bond motifs is 1. The van der Waals surface area contributed by atoms with Crippen molar-refractivity contribution in [3.05, 3.63) is 100 Å². The van der Waals surface area contributed by atoms with Crippen LogP contribution in [0.25, 0.3) is 22.3 Å². The minimum Gasteiger partial charge on any atom is -0.383 e. The molecular formula is C31H32N4O. The number of nitrogens with zero attached hydrogens (tertiary/aromatic N) is 3. The van der Waals surface area contributed by atoms with Gasteiger partial charge in [-0.1, -0.05) is 63.2 Å². The van der Waals surface area contributed by atoms with E-state index in [-0.39, 0.29) is 11.2 Å². The molecule has 0 saturated carbocycles. The fourth-order valence-electron chi connectivity index (χ4n) is 4.91. The third-order valence-electron chi connectivity index (χ3n) is 7.13. The lowest BCUT2D eigenvalue weighted by atomic mass is 9.86. The second-order valence-electron chi connectivity index (χ2n) is 10.7. The average molecular weight is 477 g/mol. The van der Waals surface area contributed by atoms with Gasteiger partial charge in [0, 0.05) is 36.4 Å². The highest BCUT2D eigenvalue weighted by molar-refractivity contribution is 6.04. The van der Waals surface area contributed by atoms with Crippen LogP contribution in [0.2, 0.25) is 0 Å². The van der Waals surface area contributed by atoms with Crippen molar-refractivity contribution >= 4 is 11.6 Å². The number of hydrogen-bond donors (Lipinski definition) is 1. The Kier molecular flexibility index (Phi) is 5.87. The van der Waals surface area contributed by atoms with Gasteiger partial charge in [0.2, 0.25) is 0 Å². The van der Waals surface area contributed by atoms with Crippen LogP contribution >= 0.6 is 0 Å². The highest BCUT2D eigenvalue weighted by Crippen LogP contribution is 2.36. The molecule has 5 rings (SSSR count). The molecule has 0 bridgehead atoms. The number of nitrogens with two attached hydrogens (primary N) is 1. The first-order valence-corrected chi connectivity index (χ1v) is 12.3. The Hall–Kier alpha value is -3.99. The third kappa shape index (κ3) is 4.37. The SMILES string of the molecule is Cc1c(CC(=O)c2ccc(C(C)(C)C)cc2)cccc1-c1cc2c(c(-c3cnn(C)c3)c1)CN=C2N. The predicted molar refractivity (Wildman–Crippen MR) is 146 cm³/mol. The molecule has 0 unspecified atom stereocenters. The lowest BCUT2D eigenvalue weighted by Gasteiger charge is -2.19. The maximum atomic E-state index is 13.2. The van der Waals surface area contributed by atoms with Crippen molar-refractivity contribution in [1.29, 1.82) is 0 Å². The van der Waals surface area contributed by atoms with Crippen molar-refractivity contribution in [1.82, 2.24) is 9.78 Å². The van der Waals surface area contributed by atoms with E-state index in [4.69, 9.17) is 5.73 Å². The molecule has 36 heavy (non-hydrogen) atoms. The number of aliphatic imine (C=N–C) groups is 1. The van der Waals surface area contributed by atoms with Gasteiger partial charge in [0.15, 0.2) is 5.78 Å². The van der Waals surface area contributed by atoms with E-state index in [1.54, 1.807) is 4.68 Å². The number of ketones is 1. The Balaban J connectivity index is 1.50. The third-order valence-corrected chi connectivity index (χ3v) is 7.13. The molecule has 5 heteroatoms. The van der Waals surface area contributed by atoms with Gasteiger partial charge < -0.3 is 5.73 Å². The maximum Gasteiger partial charge on any atom is 0.167 e. The Morgan fingerprint density at radius 2 is 1.72 bits per heavy atom. The molecule has 0 aliphatic carbocycles. The summed E-state index contributed by atoms with van der Waals surface area (Å²) in [5.74, 6) is 0.691. The van der Waals surface area contributed by atoms with Gasteiger partial charge in [-0.2, -0.15) is 5.10 Å². The summed E-state index contributed by atoms with van der Waals surface area (Å²) >= 11 is 0. The van der Waals surface area contributed by atoms with E-state index in [9.17, 15) is 4.79 Å². The van der Waals surface area contributed by atoms with Crippen LogP contribution in [0.4, 0.5) is 0 Å². The van der Waals surface area contributed by atoms with Crippen molar-refractivity contribution in [3.8, 4) is 22.3 Å². The number of rotatable bonds is 5. The van der Waals surface area contributed by atoms with Gasteiger partial charge in [0.1, 0.15) is 5.84 Å². The van der Waals surface area contributed by atoms with E-state index in [2.05, 4.69) is 68.1 Å². The summed E-state index contributed by atoms with van der Waals surface area (Å²) < 4.78 is 1.80. The fraction of sp³-hybridized carbons (Fsp3) is 0.258. The second kappa shape index (κ2) is 8.90. The molecule has 0 amide bonds. The monoisotopic (exact) mass is 476 g/mol. The lowest BCUT2D eigenvalue weighted by Crippen LogP contribution is -2.12. The van der Waals surface area contributed by atoms with Crippen molar-refractivity contribution in [2.24, 2.45) is 17.8 Å². The molecule has 0 spiro atoms. The van der Waals surface area contributed by atoms with E-state index >= 15 is 0 Å². The van der Waals surface area contributed by atoms with Crippen LogP contribution in [0.1, 0.15) is 58.9 Å². The van der Waals surface area contributed by atoms with Crippen molar-refractivity contribution < 1.29 is 4.79 Å². The van der Waals surface area contributed by atoms with Gasteiger partial charge in [0.25, 0.3) is 0 Å². The minimum atomic E-state index is 0.0606. The zero-order valence-corrected chi connectivity index (χ0v) is 21.6. The molecule has 0 saturated heterocycles. The minimum absolute atomic E-state index is 0.0606. The first-order valence-electron chi connectivity index (χ1n) is 12.3. The number of benzene rings is 3. The topological polar surface area (TPSA) is 73.3 Å². The van der Waals surface area contributed by atoms with Crippen LogP contribution < -0.4 is 5.73 Å². The highest BCUT2D eigenvalue weighted by atomic mass is 16.1. The summed E-state index contributed by atoms with van der Waals surface area (Å²) in [6.45, 7) is 9.20. The molecule has 5 nitrogen and oxygen atoms in total. The van der Waals surface area contributed by atoms with Crippen LogP contribution in [-0.2, 0) is 25.4 Å². The largest absolute Gasteiger partial charge is 0.383 e. The molecular weight excluding hydrogens is 444 g/mol. The molecule has 4 aromatic rings. The van der Waals surface area contributed by atoms with E-state index in [0.717, 1.165) is 50.1 Å². The number of Topliss-reactive ketones (excluding diaryl/α,β-unsaturated/α-hetero) is 1. The molecule has 182 valence electrons. The van der Waals surface area contributed by atoms with E-state index in [1.165, 1.54) is 5.56 Å². The highest BCUT2D eigenvalue weighted by Gasteiger charge is 2.22. The predicted octanol–water partition coefficient (Wildman–Crippen LogP) is 6.00. The van der Waals surface area contributed by atoms with E-state index in [0.29, 0.717) is 18.8 Å². The van der Waals surface area contributed by atoms with Gasteiger partial charge in [-0.25, -0.2) is 0 Å². The van der Waals surface area contributed by atoms with Gasteiger partial charge in [0.05, 0.1) is 12.7 Å². The molecule has 1 aliphatic heterocycles. The van der Waals surface area contributed by atoms with Crippen LogP contribution in [-0.4, -0.2) is 21.4 Å². The number of aromatic nitrogens is 2. The number of amidine groups is 1. The molecule has 0 radical (unpaired) electrons. The summed E-state index contributed by atoms with van der Waals surface area (Å²) in [5.41, 5.74) is 16.8. The Bertz CT molecular complexity index is 1500. The Morgan fingerprint density at radius 1 is 1.00 bits per heavy atom. The molecule has 0 atom stereocenters. The van der Waals surface area contributed by atoms with Crippen LogP contribution in [0.3, 0.4) is 0 Å². The first-order chi connectivity index (χ1) is 17.1. The molecule has 1 aromatic heterocycles. The molecule has 0 fully saturated rings. The zero-order chi connectivity index (χ0) is 25.6. The summed E-state index contributed by atoms with van der Waals surface area (Å²) in [4.78, 5) is 17.7. The average Bonchev–Trinajstić information content (AvgIpc) is 3.45. The summed E-state index contributed by atoms with van der Waals surface area (Å²) in [5, 5.41) is 4.36. The number of hydrogen-bond acceptors (Lipinski definition) is 4. The van der Waals surface area contributed by atoms with E-state index < -0.39 is 0 Å². The van der Waals surface area contributed by atoms with Gasteiger partial charge in [-0.3, -0.25) is 14.5 Å². The van der Waals surface area contributed by atoms with Gasteiger partial charge in [-0.05, 0) is 63.4 Å². The number of carbonyl (C=O) groups is 1. The molecule has 1 aliphatic rings. The summed E-state index contributed by atoms with van der Waals surface area (Å²) in [7, 11) is 1.92. The Labute approximate surface area is 212 Å². The van der Waals surface area contributed by atoms with Crippen molar-refractivity contribution in [3.63, 3.8) is 0 Å². The quantitative estimate of drug-likeness (QED) is 0.359. The standard InChI is InChI=1S/C31H32N4O/c1-19-21(15-29(36)20-9-11-24(12-10-20)31(2,3)4)7-6-8-25(19)22-13-26(23-16-34-35(5)18-23)28-17-33-30(32)27(28)14-22/h6-14,16,18H,15,17H2,1-5H3,(H2,32,33). The number of carbonyl (C=O) groups excluding carboxylic acids is 1. The maximum absolute atomic E-state index is 13.2. The van der Waals surface area contributed by atoms with Gasteiger partial charge in [-0.15, -0.1) is 0 Å². The van der Waals surface area contributed by atoms with E-state index in [1.807, 2.05) is 43.7 Å². The van der Waals surface area contributed by atoms with Crippen molar-refractivity contribution in [2.75, 3.05) is 0 Å². The molecule has 2 N–H and O–H groups in total. The molecule has 2 heterocycles. The zero-order valence-electron chi connectivity index (χ0n) is 21.6. The van der Waals surface area contributed by atoms with Crippen molar-refractivity contribution in [2.45, 2.75) is 46.1 Å². The number of aryl methyl sites for hydroxylation is 1. The summed E-state index contributed by atoms with van der Waals surface area (Å²) in [6.07, 6.45) is 4.25. The molecule has 3 aromatic carbocycles. The normalized spacial score (nSPS) is 13.0. The van der Waals surface area contributed by atoms with Crippen LogP contribution in [0, 0.1) is 6.92 Å². The summed E-state index contributed by atoms with van der Waals surface area (Å²) in [6, 6.07) is 18.5. The Morgan fingerprint density at radius 3 is 2.39 bits per heavy atom.